The molecule has 194 valence electrons. The van der Waals surface area contributed by atoms with Crippen LogP contribution in [0.3, 0.4) is 0 Å². The van der Waals surface area contributed by atoms with Crippen molar-refractivity contribution in [3.05, 3.63) is 57.5 Å². The van der Waals surface area contributed by atoms with Gasteiger partial charge in [-0.25, -0.2) is 22.5 Å². The van der Waals surface area contributed by atoms with Gasteiger partial charge in [0, 0.05) is 19.3 Å². The number of nitrogens with zero attached hydrogens (tertiary/aromatic N) is 2. The van der Waals surface area contributed by atoms with E-state index in [-0.39, 0.29) is 23.2 Å². The molecule has 3 aliphatic rings. The molecule has 12 heteroatoms. The Labute approximate surface area is 211 Å². The second-order valence-corrected chi connectivity index (χ2v) is 12.2. The Morgan fingerprint density at radius 2 is 1.83 bits per heavy atom. The van der Waals surface area contributed by atoms with Gasteiger partial charge >= 0.3 is 6.18 Å². The van der Waals surface area contributed by atoms with Crippen molar-refractivity contribution in [2.75, 3.05) is 18.0 Å². The maximum absolute atomic E-state index is 14.9. The molecule has 2 aliphatic carbocycles. The number of nitrogens with one attached hydrogen (secondary N) is 1. The molecule has 6 nitrogen and oxygen atoms in total. The zero-order valence-corrected chi connectivity index (χ0v) is 20.7. The third-order valence-corrected chi connectivity index (χ3v) is 9.06. The van der Waals surface area contributed by atoms with Crippen LogP contribution in [0.5, 0.6) is 0 Å². The van der Waals surface area contributed by atoms with Crippen LogP contribution in [0.4, 0.5) is 23.4 Å². The molecular formula is C24H24ClF4N3O3S. The van der Waals surface area contributed by atoms with Gasteiger partial charge in [-0.3, -0.25) is 4.79 Å². The van der Waals surface area contributed by atoms with Crippen molar-refractivity contribution >= 4 is 33.3 Å². The Morgan fingerprint density at radius 1 is 1.14 bits per heavy atom. The van der Waals surface area contributed by atoms with Gasteiger partial charge in [-0.15, -0.1) is 0 Å². The van der Waals surface area contributed by atoms with Crippen LogP contribution in [-0.4, -0.2) is 37.6 Å². The van der Waals surface area contributed by atoms with Crippen LogP contribution in [0.2, 0.25) is 5.02 Å². The number of rotatable bonds is 8. The summed E-state index contributed by atoms with van der Waals surface area (Å²) in [6.07, 6.45) is 0.504. The third-order valence-electron chi connectivity index (χ3n) is 6.94. The molecule has 2 heterocycles. The van der Waals surface area contributed by atoms with Gasteiger partial charge in [-0.2, -0.15) is 13.2 Å². The summed E-state index contributed by atoms with van der Waals surface area (Å²) in [4.78, 5) is 18.3. The maximum Gasteiger partial charge on any atom is 0.418 e. The van der Waals surface area contributed by atoms with Crippen LogP contribution in [0.25, 0.3) is 0 Å². The van der Waals surface area contributed by atoms with Gasteiger partial charge in [0.2, 0.25) is 10.0 Å². The Morgan fingerprint density at radius 3 is 2.44 bits per heavy atom. The predicted octanol–water partition coefficient (Wildman–Crippen LogP) is 5.06. The molecule has 1 amide bonds. The monoisotopic (exact) mass is 545 g/mol. The Bertz CT molecular complexity index is 1300. The van der Waals surface area contributed by atoms with E-state index in [1.807, 2.05) is 4.72 Å². The fraction of sp³-hybridized carbons (Fsp3) is 0.500. The lowest BCUT2D eigenvalue weighted by molar-refractivity contribution is -0.137. The Hall–Kier alpha value is -2.40. The van der Waals surface area contributed by atoms with E-state index in [1.54, 1.807) is 4.90 Å². The van der Waals surface area contributed by atoms with E-state index < -0.39 is 43.8 Å². The number of benzene rings is 1. The van der Waals surface area contributed by atoms with Crippen molar-refractivity contribution in [1.29, 1.82) is 0 Å². The number of carbonyl (C=O) groups excluding carboxylic acids is 1. The minimum Gasteiger partial charge on any atom is -0.356 e. The van der Waals surface area contributed by atoms with Crippen molar-refractivity contribution in [2.45, 2.75) is 55.9 Å². The summed E-state index contributed by atoms with van der Waals surface area (Å²) in [6, 6.07) is 3.74. The quantitative estimate of drug-likeness (QED) is 0.469. The summed E-state index contributed by atoms with van der Waals surface area (Å²) >= 11 is 5.64. The average Bonchev–Trinajstić information content (AvgIpc) is 3.65. The molecule has 36 heavy (non-hydrogen) atoms. The van der Waals surface area contributed by atoms with Crippen molar-refractivity contribution in [1.82, 2.24) is 9.71 Å². The van der Waals surface area contributed by atoms with Crippen LogP contribution in [0.1, 0.15) is 65.1 Å². The van der Waals surface area contributed by atoms with Gasteiger partial charge < -0.3 is 4.90 Å². The zero-order chi connectivity index (χ0) is 25.8. The van der Waals surface area contributed by atoms with E-state index in [4.69, 9.17) is 11.6 Å². The minimum absolute atomic E-state index is 0.193. The summed E-state index contributed by atoms with van der Waals surface area (Å²) in [5.41, 5.74) is 0.444. The van der Waals surface area contributed by atoms with Crippen LogP contribution < -0.4 is 9.62 Å². The largest absolute Gasteiger partial charge is 0.418 e. The van der Waals surface area contributed by atoms with Crippen molar-refractivity contribution in [3.8, 4) is 0 Å². The van der Waals surface area contributed by atoms with Crippen LogP contribution in [0.15, 0.2) is 24.4 Å². The molecule has 1 aromatic carbocycles. The van der Waals surface area contributed by atoms with Gasteiger partial charge in [0.05, 0.1) is 21.4 Å². The second-order valence-electron chi connectivity index (χ2n) is 9.81. The molecule has 0 atom stereocenters. The number of carbonyl (C=O) groups is 1. The molecule has 0 bridgehead atoms. The minimum atomic E-state index is -4.56. The third kappa shape index (κ3) is 5.32. The summed E-state index contributed by atoms with van der Waals surface area (Å²) in [5.74, 6) is -1.10. The van der Waals surface area contributed by atoms with Gasteiger partial charge in [-0.05, 0) is 79.7 Å². The normalized spacial score (nSPS) is 18.8. The molecular weight excluding hydrogens is 522 g/mol. The number of aromatic nitrogens is 1. The highest BCUT2D eigenvalue weighted by atomic mass is 35.5. The fourth-order valence-corrected chi connectivity index (χ4v) is 6.06. The number of pyridine rings is 1. The van der Waals surface area contributed by atoms with E-state index in [0.29, 0.717) is 38.8 Å². The van der Waals surface area contributed by atoms with Crippen molar-refractivity contribution in [3.63, 3.8) is 0 Å². The number of anilines is 1. The van der Waals surface area contributed by atoms with Crippen LogP contribution in [-0.2, 0) is 22.6 Å². The van der Waals surface area contributed by atoms with E-state index in [1.165, 1.54) is 12.1 Å². The number of halogens is 5. The number of aryl methyl sites for hydroxylation is 1. The highest BCUT2D eigenvalue weighted by Gasteiger charge is 2.38. The highest BCUT2D eigenvalue weighted by molar-refractivity contribution is 7.91. The van der Waals surface area contributed by atoms with Gasteiger partial charge in [-0.1, -0.05) is 11.6 Å². The second kappa shape index (κ2) is 9.16. The van der Waals surface area contributed by atoms with Crippen molar-refractivity contribution < 1.29 is 30.8 Å². The molecule has 0 radical (unpaired) electrons. The molecule has 5 rings (SSSR count). The average molecular weight is 546 g/mol. The van der Waals surface area contributed by atoms with Gasteiger partial charge in [0.25, 0.3) is 5.91 Å². The highest BCUT2D eigenvalue weighted by Crippen LogP contribution is 2.43. The first-order valence-corrected chi connectivity index (χ1v) is 13.7. The zero-order valence-electron chi connectivity index (χ0n) is 19.1. The maximum atomic E-state index is 14.9. The molecule has 1 aromatic heterocycles. The summed E-state index contributed by atoms with van der Waals surface area (Å²) in [7, 11) is -3.78. The molecule has 3 fully saturated rings. The summed E-state index contributed by atoms with van der Waals surface area (Å²) in [5, 5.41) is -1.03. The first-order chi connectivity index (χ1) is 16.9. The molecule has 1 N–H and O–H groups in total. The molecule has 1 saturated heterocycles. The SMILES string of the molecule is O=C(NS(=O)(=O)C1CC1)c1cc(C2CC2)c(CCC2CN(c3cc(C(F)(F)F)c(Cl)cn3)C2)cc1F. The fourth-order valence-electron chi connectivity index (χ4n) is 4.56. The summed E-state index contributed by atoms with van der Waals surface area (Å²) in [6.45, 7) is 1.04. The van der Waals surface area contributed by atoms with Gasteiger partial charge in [0.1, 0.15) is 11.6 Å². The first kappa shape index (κ1) is 25.3. The molecule has 2 saturated carbocycles. The van der Waals surface area contributed by atoms with E-state index >= 15 is 0 Å². The number of amides is 1. The number of hydrogen-bond donors (Lipinski definition) is 1. The molecule has 1 aliphatic heterocycles. The van der Waals surface area contributed by atoms with Crippen molar-refractivity contribution in [2.24, 2.45) is 5.92 Å². The molecule has 2 aromatic rings. The standard InChI is InChI=1S/C24H24ClF4N3O3S/c25-20-10-30-22(9-19(20)24(27,28)29)32-11-13(12-32)1-2-15-7-21(26)18(8-17(15)14-3-4-14)23(33)31-36(34,35)16-5-6-16/h7-10,13-14,16H,1-6,11-12H2,(H,31,33). The van der Waals surface area contributed by atoms with Crippen LogP contribution >= 0.6 is 11.6 Å². The Balaban J connectivity index is 1.23. The van der Waals surface area contributed by atoms with Gasteiger partial charge in [0.15, 0.2) is 0 Å². The first-order valence-electron chi connectivity index (χ1n) is 11.8. The number of hydrogen-bond acceptors (Lipinski definition) is 5. The lowest BCUT2D eigenvalue weighted by atomic mass is 9.89. The van der Waals surface area contributed by atoms with Crippen LogP contribution in [0, 0.1) is 11.7 Å². The Kier molecular flexibility index (Phi) is 6.43. The van der Waals surface area contributed by atoms with E-state index in [2.05, 4.69) is 4.98 Å². The smallest absolute Gasteiger partial charge is 0.356 e. The molecule has 0 unspecified atom stereocenters. The number of sulfonamides is 1. The summed E-state index contributed by atoms with van der Waals surface area (Å²) < 4.78 is 80.4. The lowest BCUT2D eigenvalue weighted by Gasteiger charge is -2.40. The molecule has 0 spiro atoms. The lowest BCUT2D eigenvalue weighted by Crippen LogP contribution is -2.47. The van der Waals surface area contributed by atoms with E-state index in [0.717, 1.165) is 36.2 Å². The predicted molar refractivity (Wildman–Crippen MR) is 126 cm³/mol. The van der Waals surface area contributed by atoms with E-state index in [9.17, 15) is 30.8 Å². The topological polar surface area (TPSA) is 79.4 Å². The number of alkyl halides is 3.